The SMILES string of the molecule is CN(CCn1c(=O)oc2ccccc21)Cc1ccccc1[N+](=O)[O-]. The van der Waals surface area contributed by atoms with Gasteiger partial charge in [0.2, 0.25) is 0 Å². The van der Waals surface area contributed by atoms with E-state index in [0.29, 0.717) is 30.8 Å². The first-order chi connectivity index (χ1) is 11.6. The Morgan fingerprint density at radius 2 is 1.88 bits per heavy atom. The minimum Gasteiger partial charge on any atom is -0.408 e. The Morgan fingerprint density at radius 1 is 1.17 bits per heavy atom. The third kappa shape index (κ3) is 3.21. The number of nitro benzene ring substituents is 1. The molecule has 7 nitrogen and oxygen atoms in total. The second kappa shape index (κ2) is 6.67. The standard InChI is InChI=1S/C17H17N3O4/c1-18(12-13-6-2-3-7-14(13)20(22)23)10-11-19-15-8-4-5-9-16(15)24-17(19)21/h2-9H,10-12H2,1H3. The van der Waals surface area contributed by atoms with Gasteiger partial charge in [0.15, 0.2) is 5.58 Å². The van der Waals surface area contributed by atoms with Gasteiger partial charge < -0.3 is 9.32 Å². The van der Waals surface area contributed by atoms with Crippen LogP contribution in [0.15, 0.2) is 57.7 Å². The summed E-state index contributed by atoms with van der Waals surface area (Å²) in [6, 6.07) is 13.9. The van der Waals surface area contributed by atoms with Crippen molar-refractivity contribution >= 4 is 16.8 Å². The van der Waals surface area contributed by atoms with Gasteiger partial charge in [-0.15, -0.1) is 0 Å². The molecule has 7 heteroatoms. The summed E-state index contributed by atoms with van der Waals surface area (Å²) in [5.74, 6) is -0.393. The normalized spacial score (nSPS) is 11.2. The van der Waals surface area contributed by atoms with Crippen molar-refractivity contribution in [3.05, 3.63) is 74.8 Å². The van der Waals surface area contributed by atoms with Crippen LogP contribution >= 0.6 is 0 Å². The fourth-order valence-electron chi connectivity index (χ4n) is 2.69. The van der Waals surface area contributed by atoms with Gasteiger partial charge in [0.05, 0.1) is 10.4 Å². The van der Waals surface area contributed by atoms with Gasteiger partial charge in [-0.3, -0.25) is 14.7 Å². The van der Waals surface area contributed by atoms with Crippen molar-refractivity contribution in [2.24, 2.45) is 0 Å². The summed E-state index contributed by atoms with van der Waals surface area (Å²) in [7, 11) is 1.87. The van der Waals surface area contributed by atoms with Crippen LogP contribution in [0.4, 0.5) is 5.69 Å². The maximum absolute atomic E-state index is 11.9. The Bertz CT molecular complexity index is 929. The highest BCUT2D eigenvalue weighted by Gasteiger charge is 2.14. The predicted octanol–water partition coefficient (Wildman–Crippen LogP) is 2.63. The molecule has 1 heterocycles. The van der Waals surface area contributed by atoms with E-state index in [4.69, 9.17) is 4.42 Å². The highest BCUT2D eigenvalue weighted by atomic mass is 16.6. The van der Waals surface area contributed by atoms with Crippen molar-refractivity contribution in [1.29, 1.82) is 0 Å². The first-order valence-electron chi connectivity index (χ1n) is 7.55. The molecule has 0 amide bonds. The molecule has 0 N–H and O–H groups in total. The molecule has 0 fully saturated rings. The number of fused-ring (bicyclic) bond motifs is 1. The van der Waals surface area contributed by atoms with Crippen LogP contribution in [0.2, 0.25) is 0 Å². The second-order valence-corrected chi connectivity index (χ2v) is 5.61. The van der Waals surface area contributed by atoms with E-state index in [1.807, 2.05) is 30.1 Å². The minimum absolute atomic E-state index is 0.107. The maximum Gasteiger partial charge on any atom is 0.419 e. The molecule has 1 aromatic heterocycles. The molecule has 0 aliphatic rings. The lowest BCUT2D eigenvalue weighted by Gasteiger charge is -2.16. The van der Waals surface area contributed by atoms with Crippen LogP contribution in [-0.2, 0) is 13.1 Å². The van der Waals surface area contributed by atoms with Gasteiger partial charge in [-0.2, -0.15) is 0 Å². The van der Waals surface area contributed by atoms with Crippen LogP contribution in [0, 0.1) is 10.1 Å². The molecule has 0 atom stereocenters. The number of aromatic nitrogens is 1. The first kappa shape index (κ1) is 15.9. The second-order valence-electron chi connectivity index (χ2n) is 5.61. The maximum atomic E-state index is 11.9. The van der Waals surface area contributed by atoms with E-state index in [1.54, 1.807) is 28.8 Å². The molecule has 0 spiro atoms. The van der Waals surface area contributed by atoms with Gasteiger partial charge in [0, 0.05) is 31.3 Å². The number of para-hydroxylation sites is 3. The van der Waals surface area contributed by atoms with E-state index < -0.39 is 5.76 Å². The Morgan fingerprint density at radius 3 is 2.67 bits per heavy atom. The average Bonchev–Trinajstić information content (AvgIpc) is 2.88. The van der Waals surface area contributed by atoms with Crippen molar-refractivity contribution in [3.63, 3.8) is 0 Å². The van der Waals surface area contributed by atoms with Gasteiger partial charge in [-0.05, 0) is 19.2 Å². The molecule has 0 unspecified atom stereocenters. The van der Waals surface area contributed by atoms with Crippen LogP contribution in [0.25, 0.3) is 11.1 Å². The van der Waals surface area contributed by atoms with Gasteiger partial charge >= 0.3 is 5.76 Å². The lowest BCUT2D eigenvalue weighted by atomic mass is 10.1. The van der Waals surface area contributed by atoms with Crippen molar-refractivity contribution in [2.45, 2.75) is 13.1 Å². The lowest BCUT2D eigenvalue weighted by molar-refractivity contribution is -0.385. The molecule has 0 aliphatic heterocycles. The van der Waals surface area contributed by atoms with E-state index >= 15 is 0 Å². The van der Waals surface area contributed by atoms with Gasteiger partial charge in [0.25, 0.3) is 5.69 Å². The van der Waals surface area contributed by atoms with Gasteiger partial charge in [-0.25, -0.2) is 4.79 Å². The Balaban J connectivity index is 1.72. The largest absolute Gasteiger partial charge is 0.419 e. The first-order valence-corrected chi connectivity index (χ1v) is 7.55. The summed E-state index contributed by atoms with van der Waals surface area (Å²) in [4.78, 5) is 24.6. The Hall–Kier alpha value is -2.93. The summed E-state index contributed by atoms with van der Waals surface area (Å²) in [6.07, 6.45) is 0. The van der Waals surface area contributed by atoms with E-state index in [0.717, 1.165) is 5.52 Å². The summed E-state index contributed by atoms with van der Waals surface area (Å²) < 4.78 is 6.77. The summed E-state index contributed by atoms with van der Waals surface area (Å²) in [5.41, 5.74) is 2.06. The minimum atomic E-state index is -0.393. The number of nitrogens with zero attached hydrogens (tertiary/aromatic N) is 3. The summed E-state index contributed by atoms with van der Waals surface area (Å²) in [6.45, 7) is 1.45. The number of likely N-dealkylation sites (N-methyl/N-ethyl adjacent to an activating group) is 1. The van der Waals surface area contributed by atoms with E-state index in [9.17, 15) is 14.9 Å². The monoisotopic (exact) mass is 327 g/mol. The number of benzene rings is 2. The molecule has 3 rings (SSSR count). The van der Waals surface area contributed by atoms with Gasteiger partial charge in [-0.1, -0.05) is 30.3 Å². The van der Waals surface area contributed by atoms with Crippen LogP contribution in [0.1, 0.15) is 5.56 Å². The van der Waals surface area contributed by atoms with Crippen molar-refractivity contribution in [3.8, 4) is 0 Å². The van der Waals surface area contributed by atoms with Crippen molar-refractivity contribution < 1.29 is 9.34 Å². The number of oxazole rings is 1. The topological polar surface area (TPSA) is 81.5 Å². The molecular formula is C17H17N3O4. The zero-order chi connectivity index (χ0) is 17.1. The quantitative estimate of drug-likeness (QED) is 0.513. The molecular weight excluding hydrogens is 310 g/mol. The zero-order valence-corrected chi connectivity index (χ0v) is 13.2. The molecule has 0 saturated heterocycles. The zero-order valence-electron chi connectivity index (χ0n) is 13.2. The number of nitro groups is 1. The van der Waals surface area contributed by atoms with Crippen LogP contribution in [-0.4, -0.2) is 28.0 Å². The average molecular weight is 327 g/mol. The summed E-state index contributed by atoms with van der Waals surface area (Å²) in [5, 5.41) is 11.1. The van der Waals surface area contributed by atoms with E-state index in [-0.39, 0.29) is 10.6 Å². The molecule has 0 bridgehead atoms. The van der Waals surface area contributed by atoms with Crippen LogP contribution in [0.5, 0.6) is 0 Å². The molecule has 0 saturated carbocycles. The predicted molar refractivity (Wildman–Crippen MR) is 89.9 cm³/mol. The lowest BCUT2D eigenvalue weighted by Crippen LogP contribution is -2.26. The van der Waals surface area contributed by atoms with Crippen LogP contribution < -0.4 is 5.76 Å². The van der Waals surface area contributed by atoms with E-state index in [1.165, 1.54) is 6.07 Å². The Labute approximate surface area is 137 Å². The highest BCUT2D eigenvalue weighted by molar-refractivity contribution is 5.72. The fourth-order valence-corrected chi connectivity index (χ4v) is 2.69. The molecule has 0 aliphatic carbocycles. The van der Waals surface area contributed by atoms with Crippen molar-refractivity contribution in [1.82, 2.24) is 9.47 Å². The molecule has 0 radical (unpaired) electrons. The number of hydrogen-bond donors (Lipinski definition) is 0. The van der Waals surface area contributed by atoms with Gasteiger partial charge in [0.1, 0.15) is 0 Å². The van der Waals surface area contributed by atoms with E-state index in [2.05, 4.69) is 0 Å². The van der Waals surface area contributed by atoms with Crippen LogP contribution in [0.3, 0.4) is 0 Å². The highest BCUT2D eigenvalue weighted by Crippen LogP contribution is 2.19. The summed E-state index contributed by atoms with van der Waals surface area (Å²) >= 11 is 0. The molecule has 2 aromatic carbocycles. The molecule has 3 aromatic rings. The smallest absolute Gasteiger partial charge is 0.408 e. The van der Waals surface area contributed by atoms with Crippen molar-refractivity contribution in [2.75, 3.05) is 13.6 Å². The third-order valence-corrected chi connectivity index (χ3v) is 3.91. The number of rotatable bonds is 6. The third-order valence-electron chi connectivity index (χ3n) is 3.91. The fraction of sp³-hybridized carbons (Fsp3) is 0.235. The molecule has 124 valence electrons. The Kier molecular flexibility index (Phi) is 4.43. The molecule has 24 heavy (non-hydrogen) atoms. The number of hydrogen-bond acceptors (Lipinski definition) is 5.